The van der Waals surface area contributed by atoms with E-state index in [0.717, 1.165) is 18.8 Å². The zero-order chi connectivity index (χ0) is 14.1. The maximum Gasteiger partial charge on any atom is 0.306 e. The van der Waals surface area contributed by atoms with Gasteiger partial charge in [-0.05, 0) is 31.0 Å². The molecule has 1 rings (SSSR count). The first-order valence-electron chi connectivity index (χ1n) is 6.70. The molecule has 0 aromatic heterocycles. The molecule has 0 fully saturated rings. The second-order valence-electron chi connectivity index (χ2n) is 4.42. The van der Waals surface area contributed by atoms with Crippen molar-refractivity contribution in [1.29, 1.82) is 0 Å². The summed E-state index contributed by atoms with van der Waals surface area (Å²) in [5.74, 6) is 0.704. The Kier molecular flexibility index (Phi) is 6.97. The number of benzene rings is 1. The molecule has 0 aliphatic rings. The average Bonchev–Trinajstić information content (AvgIpc) is 2.45. The topological polar surface area (TPSA) is 47.6 Å². The average molecular weight is 265 g/mol. The fourth-order valence-corrected chi connectivity index (χ4v) is 1.68. The maximum atomic E-state index is 11.0. The Hall–Kier alpha value is -1.55. The van der Waals surface area contributed by atoms with Crippen LogP contribution in [-0.4, -0.2) is 26.2 Å². The van der Waals surface area contributed by atoms with Crippen LogP contribution in [0.5, 0.6) is 5.75 Å². The molecule has 0 amide bonds. The lowest BCUT2D eigenvalue weighted by molar-refractivity contribution is -0.140. The van der Waals surface area contributed by atoms with Crippen LogP contribution >= 0.6 is 0 Å². The molecule has 0 spiro atoms. The van der Waals surface area contributed by atoms with Crippen molar-refractivity contribution in [2.75, 3.05) is 20.3 Å². The third kappa shape index (κ3) is 5.75. The molecule has 0 bridgehead atoms. The highest BCUT2D eigenvalue weighted by atomic mass is 16.5. The van der Waals surface area contributed by atoms with Crippen LogP contribution in [-0.2, 0) is 9.53 Å². The van der Waals surface area contributed by atoms with E-state index >= 15 is 0 Å². The zero-order valence-corrected chi connectivity index (χ0v) is 11.9. The first-order chi connectivity index (χ1) is 9.17. The van der Waals surface area contributed by atoms with Crippen molar-refractivity contribution in [3.63, 3.8) is 0 Å². The highest BCUT2D eigenvalue weighted by Gasteiger charge is 2.06. The summed E-state index contributed by atoms with van der Waals surface area (Å²) in [4.78, 5) is 11.0. The number of esters is 1. The molecule has 0 saturated heterocycles. The lowest BCUT2D eigenvalue weighted by Crippen LogP contribution is -2.22. The summed E-state index contributed by atoms with van der Waals surface area (Å²) in [6.07, 6.45) is 1.39. The van der Waals surface area contributed by atoms with Gasteiger partial charge in [-0.15, -0.1) is 0 Å². The summed E-state index contributed by atoms with van der Waals surface area (Å²) >= 11 is 0. The van der Waals surface area contributed by atoms with Gasteiger partial charge in [0.1, 0.15) is 5.75 Å². The Morgan fingerprint density at radius 2 is 2.00 bits per heavy atom. The molecular weight excluding hydrogens is 242 g/mol. The van der Waals surface area contributed by atoms with Crippen LogP contribution in [0.1, 0.15) is 38.3 Å². The SMILES string of the molecule is CCCOc1ccc(C(C)NCCC(=O)OC)cc1. The van der Waals surface area contributed by atoms with E-state index in [0.29, 0.717) is 13.0 Å². The number of rotatable bonds is 8. The molecule has 4 nitrogen and oxygen atoms in total. The van der Waals surface area contributed by atoms with Gasteiger partial charge in [0.2, 0.25) is 0 Å². The minimum absolute atomic E-state index is 0.192. The molecule has 106 valence electrons. The fraction of sp³-hybridized carbons (Fsp3) is 0.533. The molecule has 0 aliphatic carbocycles. The summed E-state index contributed by atoms with van der Waals surface area (Å²) in [5.41, 5.74) is 1.17. The van der Waals surface area contributed by atoms with Gasteiger partial charge in [0, 0.05) is 12.6 Å². The van der Waals surface area contributed by atoms with Gasteiger partial charge in [-0.3, -0.25) is 4.79 Å². The van der Waals surface area contributed by atoms with Crippen molar-refractivity contribution >= 4 is 5.97 Å². The van der Waals surface area contributed by atoms with E-state index in [1.165, 1.54) is 12.7 Å². The van der Waals surface area contributed by atoms with E-state index in [1.807, 2.05) is 24.3 Å². The van der Waals surface area contributed by atoms with E-state index < -0.39 is 0 Å². The van der Waals surface area contributed by atoms with E-state index in [-0.39, 0.29) is 12.0 Å². The van der Waals surface area contributed by atoms with Gasteiger partial charge in [-0.2, -0.15) is 0 Å². The standard InChI is InChI=1S/C15H23NO3/c1-4-11-19-14-7-5-13(6-8-14)12(2)16-10-9-15(17)18-3/h5-8,12,16H,4,9-11H2,1-3H3. The van der Waals surface area contributed by atoms with Crippen LogP contribution in [0.3, 0.4) is 0 Å². The molecular formula is C15H23NO3. The second-order valence-corrected chi connectivity index (χ2v) is 4.42. The quantitative estimate of drug-likeness (QED) is 0.734. The first-order valence-corrected chi connectivity index (χ1v) is 6.70. The molecule has 0 heterocycles. The minimum atomic E-state index is -0.192. The normalized spacial score (nSPS) is 11.9. The van der Waals surface area contributed by atoms with Crippen LogP contribution in [0.15, 0.2) is 24.3 Å². The highest BCUT2D eigenvalue weighted by Crippen LogP contribution is 2.17. The van der Waals surface area contributed by atoms with Gasteiger partial charge in [0.05, 0.1) is 20.1 Å². The predicted octanol–water partition coefficient (Wildman–Crippen LogP) is 2.69. The molecule has 0 aliphatic heterocycles. The van der Waals surface area contributed by atoms with E-state index in [2.05, 4.69) is 23.9 Å². The van der Waals surface area contributed by atoms with Crippen LogP contribution in [0, 0.1) is 0 Å². The summed E-state index contributed by atoms with van der Waals surface area (Å²) in [6, 6.07) is 8.24. The Bertz CT molecular complexity index is 375. The molecule has 1 unspecified atom stereocenters. The van der Waals surface area contributed by atoms with Gasteiger partial charge in [-0.25, -0.2) is 0 Å². The Balaban J connectivity index is 2.39. The lowest BCUT2D eigenvalue weighted by Gasteiger charge is -2.14. The number of ether oxygens (including phenoxy) is 2. The largest absolute Gasteiger partial charge is 0.494 e. The fourth-order valence-electron chi connectivity index (χ4n) is 1.68. The maximum absolute atomic E-state index is 11.0. The molecule has 0 saturated carbocycles. The number of methoxy groups -OCH3 is 1. The number of carbonyl (C=O) groups excluding carboxylic acids is 1. The van der Waals surface area contributed by atoms with Crippen molar-refractivity contribution in [2.45, 2.75) is 32.7 Å². The Morgan fingerprint density at radius 1 is 1.32 bits per heavy atom. The number of nitrogens with one attached hydrogen (secondary N) is 1. The second kappa shape index (κ2) is 8.53. The van der Waals surface area contributed by atoms with Crippen molar-refractivity contribution in [2.24, 2.45) is 0 Å². The van der Waals surface area contributed by atoms with Crippen molar-refractivity contribution in [3.05, 3.63) is 29.8 Å². The molecule has 1 aromatic rings. The van der Waals surface area contributed by atoms with Gasteiger partial charge in [0.25, 0.3) is 0 Å². The number of hydrogen-bond donors (Lipinski definition) is 1. The van der Waals surface area contributed by atoms with Crippen LogP contribution < -0.4 is 10.1 Å². The molecule has 4 heteroatoms. The van der Waals surface area contributed by atoms with Crippen LogP contribution in [0.2, 0.25) is 0 Å². The van der Waals surface area contributed by atoms with Crippen molar-refractivity contribution in [1.82, 2.24) is 5.32 Å². The van der Waals surface area contributed by atoms with Crippen LogP contribution in [0.25, 0.3) is 0 Å². The van der Waals surface area contributed by atoms with Crippen molar-refractivity contribution in [3.8, 4) is 5.75 Å². The monoisotopic (exact) mass is 265 g/mol. The molecule has 1 atom stereocenters. The number of carbonyl (C=O) groups is 1. The van der Waals surface area contributed by atoms with Gasteiger partial charge < -0.3 is 14.8 Å². The number of hydrogen-bond acceptors (Lipinski definition) is 4. The Morgan fingerprint density at radius 3 is 2.58 bits per heavy atom. The van der Waals surface area contributed by atoms with Crippen LogP contribution in [0.4, 0.5) is 0 Å². The highest BCUT2D eigenvalue weighted by molar-refractivity contribution is 5.69. The van der Waals surface area contributed by atoms with E-state index in [4.69, 9.17) is 4.74 Å². The summed E-state index contributed by atoms with van der Waals surface area (Å²) in [7, 11) is 1.40. The molecule has 1 aromatic carbocycles. The van der Waals surface area contributed by atoms with E-state index in [1.54, 1.807) is 0 Å². The Labute approximate surface area is 115 Å². The zero-order valence-electron chi connectivity index (χ0n) is 11.9. The lowest BCUT2D eigenvalue weighted by atomic mass is 10.1. The van der Waals surface area contributed by atoms with Gasteiger partial charge >= 0.3 is 5.97 Å². The summed E-state index contributed by atoms with van der Waals surface area (Å²) in [6.45, 7) is 5.51. The minimum Gasteiger partial charge on any atom is -0.494 e. The summed E-state index contributed by atoms with van der Waals surface area (Å²) in [5, 5.41) is 3.29. The molecule has 19 heavy (non-hydrogen) atoms. The van der Waals surface area contributed by atoms with Gasteiger partial charge in [0.15, 0.2) is 0 Å². The molecule has 1 N–H and O–H groups in total. The predicted molar refractivity (Wildman–Crippen MR) is 75.3 cm³/mol. The molecule has 0 radical (unpaired) electrons. The third-order valence-electron chi connectivity index (χ3n) is 2.86. The van der Waals surface area contributed by atoms with E-state index in [9.17, 15) is 4.79 Å². The first kappa shape index (κ1) is 15.5. The smallest absolute Gasteiger partial charge is 0.306 e. The van der Waals surface area contributed by atoms with Gasteiger partial charge in [-0.1, -0.05) is 19.1 Å². The third-order valence-corrected chi connectivity index (χ3v) is 2.86. The summed E-state index contributed by atoms with van der Waals surface area (Å²) < 4.78 is 10.1. The van der Waals surface area contributed by atoms with Crippen molar-refractivity contribution < 1.29 is 14.3 Å².